The summed E-state index contributed by atoms with van der Waals surface area (Å²) >= 11 is 0. The molecule has 0 aliphatic heterocycles. The molecule has 0 aliphatic rings. The van der Waals surface area contributed by atoms with Gasteiger partial charge in [0.15, 0.2) is 0 Å². The second kappa shape index (κ2) is 6.48. The largest absolute Gasteiger partial charge is 0.310 e. The molecule has 0 atom stereocenters. The summed E-state index contributed by atoms with van der Waals surface area (Å²) in [5.74, 6) is 0. The number of aryl methyl sites for hydroxylation is 1. The van der Waals surface area contributed by atoms with Crippen LogP contribution in [0.15, 0.2) is 30.5 Å². The summed E-state index contributed by atoms with van der Waals surface area (Å²) in [4.78, 5) is 0. The van der Waals surface area contributed by atoms with E-state index >= 15 is 0 Å². The first-order chi connectivity index (χ1) is 9.20. The molecule has 2 rings (SSSR count). The van der Waals surface area contributed by atoms with E-state index in [1.54, 1.807) is 0 Å². The Morgan fingerprint density at radius 1 is 1.32 bits per heavy atom. The molecule has 0 saturated heterocycles. The number of nitrogens with one attached hydrogen (secondary N) is 1. The normalized spacial score (nSPS) is 11.2. The van der Waals surface area contributed by atoms with Gasteiger partial charge >= 0.3 is 0 Å². The van der Waals surface area contributed by atoms with Gasteiger partial charge in [-0.15, -0.1) is 5.10 Å². The maximum absolute atomic E-state index is 4.14. The highest BCUT2D eigenvalue weighted by molar-refractivity contribution is 5.59. The summed E-state index contributed by atoms with van der Waals surface area (Å²) in [5.41, 5.74) is 3.56. The monoisotopic (exact) mass is 258 g/mol. The number of rotatable bonds is 6. The quantitative estimate of drug-likeness (QED) is 0.866. The van der Waals surface area contributed by atoms with Gasteiger partial charge in [0.05, 0.1) is 11.9 Å². The van der Waals surface area contributed by atoms with Gasteiger partial charge in [0.2, 0.25) is 0 Å². The summed E-state index contributed by atoms with van der Waals surface area (Å²) in [6.45, 7) is 8.26. The Morgan fingerprint density at radius 3 is 2.89 bits per heavy atom. The molecule has 4 nitrogen and oxygen atoms in total. The third-order valence-electron chi connectivity index (χ3n) is 2.99. The van der Waals surface area contributed by atoms with E-state index in [9.17, 15) is 0 Å². The predicted molar refractivity (Wildman–Crippen MR) is 77.7 cm³/mol. The summed E-state index contributed by atoms with van der Waals surface area (Å²) < 4.78 is 1.97. The molecule has 0 aliphatic carbocycles. The van der Waals surface area contributed by atoms with Crippen molar-refractivity contribution in [1.82, 2.24) is 20.3 Å². The van der Waals surface area contributed by atoms with Gasteiger partial charge in [0.1, 0.15) is 0 Å². The molecule has 0 saturated carbocycles. The Kier molecular flexibility index (Phi) is 4.68. The third-order valence-corrected chi connectivity index (χ3v) is 2.99. The van der Waals surface area contributed by atoms with E-state index in [0.29, 0.717) is 6.04 Å². The van der Waals surface area contributed by atoms with Crippen LogP contribution in [0.3, 0.4) is 0 Å². The molecule has 0 bridgehead atoms. The maximum Gasteiger partial charge on any atom is 0.0885 e. The summed E-state index contributed by atoms with van der Waals surface area (Å²) in [5, 5.41) is 11.6. The molecule has 0 unspecified atom stereocenters. The van der Waals surface area contributed by atoms with Gasteiger partial charge in [0.25, 0.3) is 0 Å². The molecule has 1 aromatic heterocycles. The molecule has 4 heteroatoms. The second-order valence-electron chi connectivity index (χ2n) is 5.08. The van der Waals surface area contributed by atoms with Crippen molar-refractivity contribution < 1.29 is 0 Å². The van der Waals surface area contributed by atoms with E-state index in [-0.39, 0.29) is 0 Å². The SMILES string of the molecule is CCCn1nncc1-c1cccc(CNC(C)C)c1. The average Bonchev–Trinajstić information content (AvgIpc) is 2.85. The highest BCUT2D eigenvalue weighted by Crippen LogP contribution is 2.19. The van der Waals surface area contributed by atoms with Crippen molar-refractivity contribution in [2.24, 2.45) is 0 Å². The van der Waals surface area contributed by atoms with Crippen molar-refractivity contribution in [2.75, 3.05) is 0 Å². The Bertz CT molecular complexity index is 516. The molecule has 0 amide bonds. The molecule has 1 heterocycles. The van der Waals surface area contributed by atoms with Crippen molar-refractivity contribution in [3.8, 4) is 11.3 Å². The lowest BCUT2D eigenvalue weighted by Gasteiger charge is -2.10. The summed E-state index contributed by atoms with van der Waals surface area (Å²) in [6.07, 6.45) is 2.90. The lowest BCUT2D eigenvalue weighted by Crippen LogP contribution is -2.21. The molecule has 0 fully saturated rings. The average molecular weight is 258 g/mol. The standard InChI is InChI=1S/C15H22N4/c1-4-8-19-15(11-17-18-19)14-7-5-6-13(9-14)10-16-12(2)3/h5-7,9,11-12,16H,4,8,10H2,1-3H3. The van der Waals surface area contributed by atoms with E-state index in [1.807, 2.05) is 10.9 Å². The van der Waals surface area contributed by atoms with E-state index in [4.69, 9.17) is 0 Å². The van der Waals surface area contributed by atoms with Gasteiger partial charge in [0, 0.05) is 24.7 Å². The van der Waals surface area contributed by atoms with Crippen LogP contribution in [0.25, 0.3) is 11.3 Å². The van der Waals surface area contributed by atoms with Crippen molar-refractivity contribution in [1.29, 1.82) is 0 Å². The number of hydrogen-bond acceptors (Lipinski definition) is 3. The van der Waals surface area contributed by atoms with Crippen LogP contribution in [0.1, 0.15) is 32.8 Å². The van der Waals surface area contributed by atoms with E-state index < -0.39 is 0 Å². The van der Waals surface area contributed by atoms with E-state index in [2.05, 4.69) is 60.7 Å². The summed E-state index contributed by atoms with van der Waals surface area (Å²) in [7, 11) is 0. The fourth-order valence-corrected chi connectivity index (χ4v) is 2.02. The fourth-order valence-electron chi connectivity index (χ4n) is 2.02. The minimum Gasteiger partial charge on any atom is -0.310 e. The Balaban J connectivity index is 2.20. The highest BCUT2D eigenvalue weighted by Gasteiger charge is 2.06. The zero-order chi connectivity index (χ0) is 13.7. The number of benzene rings is 1. The predicted octanol–water partition coefficient (Wildman–Crippen LogP) is 2.85. The molecule has 1 N–H and O–H groups in total. The van der Waals surface area contributed by atoms with Crippen LogP contribution in [0, 0.1) is 0 Å². The molecule has 0 radical (unpaired) electrons. The summed E-state index contributed by atoms with van der Waals surface area (Å²) in [6, 6.07) is 9.06. The molecular weight excluding hydrogens is 236 g/mol. The zero-order valence-electron chi connectivity index (χ0n) is 11.9. The Hall–Kier alpha value is -1.68. The van der Waals surface area contributed by atoms with Gasteiger partial charge in [-0.2, -0.15) is 0 Å². The number of nitrogens with zero attached hydrogens (tertiary/aromatic N) is 3. The fraction of sp³-hybridized carbons (Fsp3) is 0.467. The van der Waals surface area contributed by atoms with Crippen LogP contribution in [-0.4, -0.2) is 21.0 Å². The van der Waals surface area contributed by atoms with Gasteiger partial charge in [-0.05, 0) is 18.1 Å². The van der Waals surface area contributed by atoms with Crippen molar-refractivity contribution in [2.45, 2.75) is 46.3 Å². The van der Waals surface area contributed by atoms with Crippen LogP contribution in [-0.2, 0) is 13.1 Å². The minimum atomic E-state index is 0.496. The van der Waals surface area contributed by atoms with Crippen molar-refractivity contribution in [3.05, 3.63) is 36.0 Å². The topological polar surface area (TPSA) is 42.7 Å². The molecule has 0 spiro atoms. The van der Waals surface area contributed by atoms with Crippen LogP contribution in [0.4, 0.5) is 0 Å². The Labute approximate surface area is 114 Å². The third kappa shape index (κ3) is 3.64. The first kappa shape index (κ1) is 13.7. The lowest BCUT2D eigenvalue weighted by atomic mass is 10.1. The maximum atomic E-state index is 4.14. The van der Waals surface area contributed by atoms with Crippen molar-refractivity contribution >= 4 is 0 Å². The van der Waals surface area contributed by atoms with Crippen LogP contribution in [0.2, 0.25) is 0 Å². The van der Waals surface area contributed by atoms with Crippen LogP contribution in [0.5, 0.6) is 0 Å². The zero-order valence-corrected chi connectivity index (χ0v) is 11.9. The highest BCUT2D eigenvalue weighted by atomic mass is 15.4. The van der Waals surface area contributed by atoms with Gasteiger partial charge < -0.3 is 5.32 Å². The van der Waals surface area contributed by atoms with Gasteiger partial charge in [-0.3, -0.25) is 0 Å². The second-order valence-corrected chi connectivity index (χ2v) is 5.08. The molecule has 1 aromatic carbocycles. The van der Waals surface area contributed by atoms with Crippen LogP contribution < -0.4 is 5.32 Å². The molecule has 19 heavy (non-hydrogen) atoms. The molecular formula is C15H22N4. The number of hydrogen-bond donors (Lipinski definition) is 1. The Morgan fingerprint density at radius 2 is 2.16 bits per heavy atom. The van der Waals surface area contributed by atoms with E-state index in [1.165, 1.54) is 11.1 Å². The smallest absolute Gasteiger partial charge is 0.0885 e. The van der Waals surface area contributed by atoms with Gasteiger partial charge in [-0.25, -0.2) is 4.68 Å². The minimum absolute atomic E-state index is 0.496. The number of aromatic nitrogens is 3. The van der Waals surface area contributed by atoms with Gasteiger partial charge in [-0.1, -0.05) is 44.2 Å². The lowest BCUT2D eigenvalue weighted by molar-refractivity contribution is 0.583. The van der Waals surface area contributed by atoms with Crippen molar-refractivity contribution in [3.63, 3.8) is 0 Å². The van der Waals surface area contributed by atoms with E-state index in [0.717, 1.165) is 25.2 Å². The first-order valence-electron chi connectivity index (χ1n) is 6.92. The molecule has 102 valence electrons. The first-order valence-corrected chi connectivity index (χ1v) is 6.92. The molecule has 2 aromatic rings. The van der Waals surface area contributed by atoms with Crippen LogP contribution >= 0.6 is 0 Å².